The normalized spacial score (nSPS) is 13.2. The Bertz CT molecular complexity index is 886. The third-order valence-electron chi connectivity index (χ3n) is 3.45. The molecular weight excluding hydrogens is 358 g/mol. The van der Waals surface area contributed by atoms with Gasteiger partial charge in [0.05, 0.1) is 21.8 Å². The molecule has 3 rings (SSSR count). The number of nitrogens with zero attached hydrogens (tertiary/aromatic N) is 1. The fourth-order valence-corrected chi connectivity index (χ4v) is 2.70. The molecule has 0 fully saturated rings. The molecule has 122 valence electrons. The van der Waals surface area contributed by atoms with Crippen molar-refractivity contribution in [3.05, 3.63) is 63.4 Å². The molecule has 0 saturated carbocycles. The zero-order valence-electron chi connectivity index (χ0n) is 12.0. The molecule has 2 aromatic rings. The van der Waals surface area contributed by atoms with E-state index in [9.17, 15) is 18.8 Å². The predicted molar refractivity (Wildman–Crippen MR) is 86.9 cm³/mol. The smallest absolute Gasteiger partial charge is 0.265 e. The number of fused-ring (bicyclic) bond motifs is 1. The number of hydrogen-bond donors (Lipinski definition) is 1. The molecule has 0 unspecified atom stereocenters. The highest BCUT2D eigenvalue weighted by molar-refractivity contribution is 6.35. The van der Waals surface area contributed by atoms with Gasteiger partial charge in [-0.05, 0) is 30.3 Å². The van der Waals surface area contributed by atoms with Crippen LogP contribution in [0.3, 0.4) is 0 Å². The average molecular weight is 367 g/mol. The van der Waals surface area contributed by atoms with Crippen LogP contribution in [-0.2, 0) is 4.79 Å². The van der Waals surface area contributed by atoms with Crippen molar-refractivity contribution in [2.45, 2.75) is 0 Å². The number of rotatable bonds is 3. The van der Waals surface area contributed by atoms with Gasteiger partial charge in [-0.2, -0.15) is 0 Å². The summed E-state index contributed by atoms with van der Waals surface area (Å²) >= 11 is 11.8. The SMILES string of the molecule is O=C(CN1C(=O)c2cccc(F)c2C1=O)Nc1cc(Cl)ccc1Cl. The number of anilines is 1. The van der Waals surface area contributed by atoms with Crippen LogP contribution >= 0.6 is 23.2 Å². The minimum absolute atomic E-state index is 0.0615. The van der Waals surface area contributed by atoms with Crippen LogP contribution in [0.1, 0.15) is 20.7 Å². The van der Waals surface area contributed by atoms with Gasteiger partial charge in [0.25, 0.3) is 11.8 Å². The van der Waals surface area contributed by atoms with Gasteiger partial charge >= 0.3 is 0 Å². The molecule has 3 amide bonds. The number of halogens is 3. The molecule has 1 N–H and O–H groups in total. The van der Waals surface area contributed by atoms with E-state index in [4.69, 9.17) is 23.2 Å². The minimum atomic E-state index is -0.847. The minimum Gasteiger partial charge on any atom is -0.323 e. The summed E-state index contributed by atoms with van der Waals surface area (Å²) in [4.78, 5) is 37.1. The molecule has 0 aliphatic carbocycles. The number of carbonyl (C=O) groups excluding carboxylic acids is 3. The molecule has 8 heteroatoms. The lowest BCUT2D eigenvalue weighted by molar-refractivity contribution is -0.116. The molecule has 0 aromatic heterocycles. The summed E-state index contributed by atoms with van der Waals surface area (Å²) in [6.07, 6.45) is 0. The van der Waals surface area contributed by atoms with E-state index in [0.717, 1.165) is 6.07 Å². The van der Waals surface area contributed by atoms with Crippen molar-refractivity contribution in [3.63, 3.8) is 0 Å². The first kappa shape index (κ1) is 16.4. The fourth-order valence-electron chi connectivity index (χ4n) is 2.36. The standard InChI is InChI=1S/C16H9Cl2FN2O3/c17-8-4-5-10(18)12(6-8)20-13(22)7-21-15(23)9-2-1-3-11(19)14(9)16(21)24/h1-6H,7H2,(H,20,22). The molecule has 1 aliphatic heterocycles. The van der Waals surface area contributed by atoms with Gasteiger partial charge in [-0.1, -0.05) is 29.3 Å². The average Bonchev–Trinajstić information content (AvgIpc) is 2.77. The lowest BCUT2D eigenvalue weighted by Crippen LogP contribution is -2.37. The second-order valence-electron chi connectivity index (χ2n) is 5.03. The van der Waals surface area contributed by atoms with Gasteiger partial charge in [0.1, 0.15) is 12.4 Å². The number of imide groups is 1. The van der Waals surface area contributed by atoms with Gasteiger partial charge in [-0.15, -0.1) is 0 Å². The highest BCUT2D eigenvalue weighted by atomic mass is 35.5. The van der Waals surface area contributed by atoms with Gasteiger partial charge < -0.3 is 5.32 Å². The first-order chi connectivity index (χ1) is 11.4. The summed E-state index contributed by atoms with van der Waals surface area (Å²) in [6.45, 7) is -0.561. The van der Waals surface area contributed by atoms with Crippen molar-refractivity contribution in [1.82, 2.24) is 4.90 Å². The van der Waals surface area contributed by atoms with Crippen LogP contribution in [0, 0.1) is 5.82 Å². The Balaban J connectivity index is 1.79. The Morgan fingerprint density at radius 2 is 1.88 bits per heavy atom. The molecule has 0 atom stereocenters. The van der Waals surface area contributed by atoms with Crippen LogP contribution < -0.4 is 5.32 Å². The molecule has 2 aromatic carbocycles. The monoisotopic (exact) mass is 366 g/mol. The molecule has 0 spiro atoms. The van der Waals surface area contributed by atoms with E-state index in [1.54, 1.807) is 6.07 Å². The van der Waals surface area contributed by atoms with Gasteiger partial charge in [-0.3, -0.25) is 19.3 Å². The molecule has 0 bridgehead atoms. The van der Waals surface area contributed by atoms with E-state index in [1.807, 2.05) is 0 Å². The van der Waals surface area contributed by atoms with Crippen LogP contribution in [0.25, 0.3) is 0 Å². The Kier molecular flexibility index (Phi) is 4.26. The van der Waals surface area contributed by atoms with Gasteiger partial charge in [0, 0.05) is 5.02 Å². The maximum Gasteiger partial charge on any atom is 0.265 e. The second kappa shape index (κ2) is 6.22. The van der Waals surface area contributed by atoms with Gasteiger partial charge in [0.2, 0.25) is 5.91 Å². The largest absolute Gasteiger partial charge is 0.323 e. The lowest BCUT2D eigenvalue weighted by Gasteiger charge is -2.14. The number of nitrogens with one attached hydrogen (secondary N) is 1. The number of benzene rings is 2. The van der Waals surface area contributed by atoms with Crippen LogP contribution in [0.15, 0.2) is 36.4 Å². The molecule has 24 heavy (non-hydrogen) atoms. The van der Waals surface area contributed by atoms with Crippen molar-refractivity contribution in [3.8, 4) is 0 Å². The summed E-state index contributed by atoms with van der Waals surface area (Å²) in [5.41, 5.74) is -0.137. The number of hydrogen-bond acceptors (Lipinski definition) is 3. The van der Waals surface area contributed by atoms with E-state index < -0.39 is 30.1 Å². The van der Waals surface area contributed by atoms with Crippen molar-refractivity contribution in [2.75, 3.05) is 11.9 Å². The Morgan fingerprint density at radius 1 is 1.12 bits per heavy atom. The molecule has 0 radical (unpaired) electrons. The first-order valence-corrected chi connectivity index (χ1v) is 7.53. The van der Waals surface area contributed by atoms with Crippen molar-refractivity contribution < 1.29 is 18.8 Å². The number of carbonyl (C=O) groups is 3. The molecule has 1 aliphatic rings. The van der Waals surface area contributed by atoms with E-state index in [0.29, 0.717) is 9.92 Å². The van der Waals surface area contributed by atoms with Gasteiger partial charge in [-0.25, -0.2) is 4.39 Å². The Morgan fingerprint density at radius 3 is 2.58 bits per heavy atom. The van der Waals surface area contributed by atoms with Crippen molar-refractivity contribution >= 4 is 46.6 Å². The van der Waals surface area contributed by atoms with E-state index in [2.05, 4.69) is 5.32 Å². The molecular formula is C16H9Cl2FN2O3. The Labute approximate surface area is 146 Å². The van der Waals surface area contributed by atoms with Crippen LogP contribution in [0.5, 0.6) is 0 Å². The summed E-state index contributed by atoms with van der Waals surface area (Å²) in [7, 11) is 0. The Hall–Kier alpha value is -2.44. The maximum absolute atomic E-state index is 13.7. The fraction of sp³-hybridized carbons (Fsp3) is 0.0625. The predicted octanol–water partition coefficient (Wildman–Crippen LogP) is 3.37. The molecule has 1 heterocycles. The number of amides is 3. The lowest BCUT2D eigenvalue weighted by atomic mass is 10.1. The second-order valence-corrected chi connectivity index (χ2v) is 5.87. The zero-order valence-corrected chi connectivity index (χ0v) is 13.5. The topological polar surface area (TPSA) is 66.5 Å². The first-order valence-electron chi connectivity index (χ1n) is 6.78. The summed E-state index contributed by atoms with van der Waals surface area (Å²) in [5.74, 6) is -3.02. The highest BCUT2D eigenvalue weighted by Crippen LogP contribution is 2.27. The zero-order chi connectivity index (χ0) is 17.4. The van der Waals surface area contributed by atoms with E-state index in [1.165, 1.54) is 24.3 Å². The summed E-state index contributed by atoms with van der Waals surface area (Å²) in [6, 6.07) is 8.23. The van der Waals surface area contributed by atoms with Crippen LogP contribution in [-0.4, -0.2) is 29.2 Å². The molecule has 0 saturated heterocycles. The third-order valence-corrected chi connectivity index (χ3v) is 4.02. The van der Waals surface area contributed by atoms with Crippen LogP contribution in [0.2, 0.25) is 10.0 Å². The summed E-state index contributed by atoms with van der Waals surface area (Å²) < 4.78 is 13.7. The van der Waals surface area contributed by atoms with Crippen LogP contribution in [0.4, 0.5) is 10.1 Å². The van der Waals surface area contributed by atoms with E-state index >= 15 is 0 Å². The van der Waals surface area contributed by atoms with Gasteiger partial charge in [0.15, 0.2) is 0 Å². The highest BCUT2D eigenvalue weighted by Gasteiger charge is 2.38. The van der Waals surface area contributed by atoms with Crippen molar-refractivity contribution in [1.29, 1.82) is 0 Å². The quantitative estimate of drug-likeness (QED) is 0.846. The summed E-state index contributed by atoms with van der Waals surface area (Å²) in [5, 5.41) is 3.08. The van der Waals surface area contributed by atoms with Crippen molar-refractivity contribution in [2.24, 2.45) is 0 Å². The molecule has 5 nitrogen and oxygen atoms in total. The van der Waals surface area contributed by atoms with E-state index in [-0.39, 0.29) is 21.8 Å². The third kappa shape index (κ3) is 2.86. The maximum atomic E-state index is 13.7.